The molecule has 0 saturated heterocycles. The van der Waals surface area contributed by atoms with Crippen LogP contribution in [-0.2, 0) is 0 Å². The maximum absolute atomic E-state index is 6.31. The SMILES string of the molecule is CC1Nc2ccccc2N1c1ccc(-c2c3ccccc3c(-c3cccc4oc5ccccc5c34)c3ccccc23)cc1. The number of hydrogen-bond donors (Lipinski definition) is 1. The molecule has 0 bridgehead atoms. The minimum absolute atomic E-state index is 0.186. The van der Waals surface area contributed by atoms with Gasteiger partial charge in [0.05, 0.1) is 11.4 Å². The molecule has 0 fully saturated rings. The summed E-state index contributed by atoms with van der Waals surface area (Å²) in [6.07, 6.45) is 0.186. The fraction of sp³-hybridized carbons (Fsp3) is 0.0500. The second kappa shape index (κ2) is 9.23. The molecule has 7 aromatic carbocycles. The lowest BCUT2D eigenvalue weighted by Crippen LogP contribution is -2.28. The molecule has 1 unspecified atom stereocenters. The first kappa shape index (κ1) is 24.1. The summed E-state index contributed by atoms with van der Waals surface area (Å²) in [4.78, 5) is 2.37. The van der Waals surface area contributed by atoms with Gasteiger partial charge >= 0.3 is 0 Å². The van der Waals surface area contributed by atoms with Crippen molar-refractivity contribution in [1.29, 1.82) is 0 Å². The van der Waals surface area contributed by atoms with Gasteiger partial charge in [-0.25, -0.2) is 0 Å². The molecule has 1 aliphatic heterocycles. The van der Waals surface area contributed by atoms with Crippen LogP contribution in [0, 0.1) is 0 Å². The van der Waals surface area contributed by atoms with Crippen molar-refractivity contribution in [3.8, 4) is 22.3 Å². The molecular formula is C40H28N2O. The van der Waals surface area contributed by atoms with Gasteiger partial charge in [-0.1, -0.05) is 103 Å². The molecule has 1 N–H and O–H groups in total. The molecule has 3 heteroatoms. The van der Waals surface area contributed by atoms with Gasteiger partial charge < -0.3 is 14.6 Å². The predicted octanol–water partition coefficient (Wildman–Crippen LogP) is 11.1. The fourth-order valence-corrected chi connectivity index (χ4v) is 7.17. The maximum Gasteiger partial charge on any atom is 0.136 e. The third-order valence-electron chi connectivity index (χ3n) is 8.95. The highest BCUT2D eigenvalue weighted by atomic mass is 16.3. The summed E-state index contributed by atoms with van der Waals surface area (Å²) in [6.45, 7) is 2.21. The zero-order valence-electron chi connectivity index (χ0n) is 23.7. The van der Waals surface area contributed by atoms with Crippen LogP contribution in [0.2, 0.25) is 0 Å². The fourth-order valence-electron chi connectivity index (χ4n) is 7.17. The largest absolute Gasteiger partial charge is 0.456 e. The Bertz CT molecular complexity index is 2290. The quantitative estimate of drug-likeness (QED) is 0.221. The van der Waals surface area contributed by atoms with Gasteiger partial charge in [-0.15, -0.1) is 0 Å². The maximum atomic E-state index is 6.31. The first-order valence-electron chi connectivity index (χ1n) is 14.9. The summed E-state index contributed by atoms with van der Waals surface area (Å²) in [5.41, 5.74) is 10.3. The van der Waals surface area contributed by atoms with Crippen molar-refractivity contribution in [2.24, 2.45) is 0 Å². The Hall–Kier alpha value is -5.54. The van der Waals surface area contributed by atoms with Crippen molar-refractivity contribution in [2.45, 2.75) is 13.1 Å². The van der Waals surface area contributed by atoms with Gasteiger partial charge in [-0.05, 0) is 87.1 Å². The number of anilines is 3. The van der Waals surface area contributed by atoms with Gasteiger partial charge in [-0.3, -0.25) is 0 Å². The van der Waals surface area contributed by atoms with Crippen molar-refractivity contribution < 1.29 is 4.42 Å². The topological polar surface area (TPSA) is 28.4 Å². The van der Waals surface area contributed by atoms with E-state index in [1.807, 2.05) is 6.07 Å². The average molecular weight is 553 g/mol. The zero-order valence-corrected chi connectivity index (χ0v) is 23.7. The van der Waals surface area contributed by atoms with E-state index in [4.69, 9.17) is 4.42 Å². The lowest BCUT2D eigenvalue weighted by Gasteiger charge is -2.24. The van der Waals surface area contributed by atoms with E-state index < -0.39 is 0 Å². The minimum atomic E-state index is 0.186. The van der Waals surface area contributed by atoms with Crippen LogP contribution < -0.4 is 10.2 Å². The molecule has 0 spiro atoms. The summed E-state index contributed by atoms with van der Waals surface area (Å²) in [6, 6.07) is 50.1. The zero-order chi connectivity index (χ0) is 28.5. The van der Waals surface area contributed by atoms with Crippen LogP contribution in [0.3, 0.4) is 0 Å². The van der Waals surface area contributed by atoms with Crippen LogP contribution in [0.15, 0.2) is 144 Å². The van der Waals surface area contributed by atoms with Crippen LogP contribution in [0.1, 0.15) is 6.92 Å². The van der Waals surface area contributed by atoms with Crippen LogP contribution in [0.5, 0.6) is 0 Å². The molecule has 8 aromatic rings. The molecule has 1 atom stereocenters. The molecule has 1 aliphatic rings. The molecule has 0 aliphatic carbocycles. The number of rotatable bonds is 3. The Morgan fingerprint density at radius 3 is 1.84 bits per heavy atom. The number of para-hydroxylation sites is 3. The van der Waals surface area contributed by atoms with Gasteiger partial charge in [0.15, 0.2) is 0 Å². The summed E-state index contributed by atoms with van der Waals surface area (Å²) in [7, 11) is 0. The smallest absolute Gasteiger partial charge is 0.136 e. The summed E-state index contributed by atoms with van der Waals surface area (Å²) >= 11 is 0. The van der Waals surface area contributed by atoms with Crippen molar-refractivity contribution in [3.05, 3.63) is 140 Å². The molecular weight excluding hydrogens is 524 g/mol. The monoisotopic (exact) mass is 552 g/mol. The van der Waals surface area contributed by atoms with Gasteiger partial charge in [0.1, 0.15) is 17.3 Å². The van der Waals surface area contributed by atoms with Crippen LogP contribution in [-0.4, -0.2) is 6.17 Å². The highest BCUT2D eigenvalue weighted by Crippen LogP contribution is 2.47. The minimum Gasteiger partial charge on any atom is -0.456 e. The normalized spacial score (nSPS) is 14.5. The number of hydrogen-bond acceptors (Lipinski definition) is 3. The Kier molecular flexibility index (Phi) is 5.17. The van der Waals surface area contributed by atoms with Gasteiger partial charge in [-0.2, -0.15) is 0 Å². The lowest BCUT2D eigenvalue weighted by molar-refractivity contribution is 0.669. The number of fused-ring (bicyclic) bond motifs is 6. The van der Waals surface area contributed by atoms with Crippen LogP contribution in [0.4, 0.5) is 17.1 Å². The molecule has 2 heterocycles. The molecule has 0 saturated carbocycles. The highest BCUT2D eigenvalue weighted by Gasteiger charge is 2.26. The van der Waals surface area contributed by atoms with Gasteiger partial charge in [0.25, 0.3) is 0 Å². The van der Waals surface area contributed by atoms with E-state index in [0.29, 0.717) is 0 Å². The number of nitrogens with zero attached hydrogens (tertiary/aromatic N) is 1. The van der Waals surface area contributed by atoms with Crippen molar-refractivity contribution in [3.63, 3.8) is 0 Å². The van der Waals surface area contributed by atoms with Crippen molar-refractivity contribution in [2.75, 3.05) is 10.2 Å². The van der Waals surface area contributed by atoms with E-state index in [1.54, 1.807) is 0 Å². The average Bonchev–Trinajstić information content (AvgIpc) is 3.61. The van der Waals surface area contributed by atoms with E-state index in [-0.39, 0.29) is 6.17 Å². The second-order valence-corrected chi connectivity index (χ2v) is 11.4. The van der Waals surface area contributed by atoms with Crippen LogP contribution >= 0.6 is 0 Å². The molecule has 9 rings (SSSR count). The number of benzene rings is 7. The summed E-state index contributed by atoms with van der Waals surface area (Å²) in [5, 5.41) is 10.9. The standard InChI is InChI=1S/C40H28N2O/c1-25-41-34-17-7-8-18-35(34)42(25)27-23-21-26(22-24-27)38-28-11-2-4-13-30(28)39(31-14-5-3-12-29(31)38)33-16-10-20-37-40(33)32-15-6-9-19-36(32)43-37/h2-25,41H,1H3. The third-order valence-corrected chi connectivity index (χ3v) is 8.95. The predicted molar refractivity (Wildman–Crippen MR) is 181 cm³/mol. The first-order valence-corrected chi connectivity index (χ1v) is 14.9. The number of nitrogens with one attached hydrogen (secondary N) is 1. The van der Waals surface area contributed by atoms with E-state index in [0.717, 1.165) is 16.6 Å². The Labute approximate surface area is 249 Å². The third kappa shape index (κ3) is 3.55. The Morgan fingerprint density at radius 2 is 1.12 bits per heavy atom. The lowest BCUT2D eigenvalue weighted by atomic mass is 9.85. The summed E-state index contributed by atoms with van der Waals surface area (Å²) < 4.78 is 6.31. The molecule has 0 radical (unpaired) electrons. The van der Waals surface area contributed by atoms with Crippen LogP contribution in [0.25, 0.3) is 65.7 Å². The molecule has 1 aromatic heterocycles. The molecule has 204 valence electrons. The van der Waals surface area contributed by atoms with E-state index in [1.165, 1.54) is 66.2 Å². The number of furan rings is 1. The van der Waals surface area contributed by atoms with Gasteiger partial charge in [0.2, 0.25) is 0 Å². The summed E-state index contributed by atoms with van der Waals surface area (Å²) in [5.74, 6) is 0. The molecule has 43 heavy (non-hydrogen) atoms. The van der Waals surface area contributed by atoms with E-state index in [9.17, 15) is 0 Å². The van der Waals surface area contributed by atoms with E-state index >= 15 is 0 Å². The second-order valence-electron chi connectivity index (χ2n) is 11.4. The first-order chi connectivity index (χ1) is 21.3. The van der Waals surface area contributed by atoms with E-state index in [2.05, 4.69) is 151 Å². The van der Waals surface area contributed by atoms with Crippen molar-refractivity contribution >= 4 is 60.5 Å². The Morgan fingerprint density at radius 1 is 0.535 bits per heavy atom. The van der Waals surface area contributed by atoms with Gasteiger partial charge in [0, 0.05) is 16.5 Å². The molecule has 3 nitrogen and oxygen atoms in total. The Balaban J connectivity index is 1.29. The van der Waals surface area contributed by atoms with Crippen molar-refractivity contribution in [1.82, 2.24) is 0 Å². The highest BCUT2D eigenvalue weighted by molar-refractivity contribution is 6.25. The molecule has 0 amide bonds.